The van der Waals surface area contributed by atoms with E-state index in [9.17, 15) is 4.79 Å². The van der Waals surface area contributed by atoms with Crippen molar-refractivity contribution in [2.45, 2.75) is 206 Å². The Morgan fingerprint density at radius 1 is 0.361 bits per heavy atom. The first-order valence-corrected chi connectivity index (χ1v) is 17.0. The SMILES string of the molecule is CCCCCCCCCCCCCCCCCCCCCCCCCCCCOC(=O)CCCCC. The molecule has 0 saturated carbocycles. The van der Waals surface area contributed by atoms with Gasteiger partial charge in [-0.3, -0.25) is 4.79 Å². The summed E-state index contributed by atoms with van der Waals surface area (Å²) in [7, 11) is 0. The highest BCUT2D eigenvalue weighted by molar-refractivity contribution is 5.69. The fraction of sp³-hybridized carbons (Fsp3) is 0.971. The molecule has 0 aromatic heterocycles. The fourth-order valence-electron chi connectivity index (χ4n) is 5.20. The summed E-state index contributed by atoms with van der Waals surface area (Å²) in [6, 6.07) is 0. The van der Waals surface area contributed by atoms with Gasteiger partial charge in [0.2, 0.25) is 0 Å². The first-order valence-electron chi connectivity index (χ1n) is 17.0. The van der Waals surface area contributed by atoms with Crippen molar-refractivity contribution in [1.29, 1.82) is 0 Å². The molecular weight excluding hydrogens is 440 g/mol. The highest BCUT2D eigenvalue weighted by Crippen LogP contribution is 2.16. The first-order chi connectivity index (χ1) is 17.8. The second-order valence-corrected chi connectivity index (χ2v) is 11.5. The van der Waals surface area contributed by atoms with Crippen molar-refractivity contribution in [1.82, 2.24) is 0 Å². The van der Waals surface area contributed by atoms with E-state index in [-0.39, 0.29) is 5.97 Å². The molecule has 0 aliphatic rings. The minimum absolute atomic E-state index is 0.00281. The van der Waals surface area contributed by atoms with Gasteiger partial charge in [0.25, 0.3) is 0 Å². The van der Waals surface area contributed by atoms with Crippen molar-refractivity contribution in [2.24, 2.45) is 0 Å². The molecule has 0 amide bonds. The molecule has 0 spiro atoms. The largest absolute Gasteiger partial charge is 0.466 e. The highest BCUT2D eigenvalue weighted by atomic mass is 16.5. The number of hydrogen-bond donors (Lipinski definition) is 0. The molecule has 2 nitrogen and oxygen atoms in total. The summed E-state index contributed by atoms with van der Waals surface area (Å²) in [6.07, 6.45) is 40.7. The zero-order chi connectivity index (χ0) is 26.2. The van der Waals surface area contributed by atoms with Crippen LogP contribution in [-0.4, -0.2) is 12.6 Å². The summed E-state index contributed by atoms with van der Waals surface area (Å²) >= 11 is 0. The van der Waals surface area contributed by atoms with E-state index in [4.69, 9.17) is 4.74 Å². The van der Waals surface area contributed by atoms with Crippen LogP contribution >= 0.6 is 0 Å². The van der Waals surface area contributed by atoms with Gasteiger partial charge in [0, 0.05) is 6.42 Å². The van der Waals surface area contributed by atoms with Gasteiger partial charge in [-0.1, -0.05) is 187 Å². The Morgan fingerprint density at radius 2 is 0.611 bits per heavy atom. The van der Waals surface area contributed by atoms with Crippen LogP contribution in [0.4, 0.5) is 0 Å². The van der Waals surface area contributed by atoms with Crippen molar-refractivity contribution in [3.63, 3.8) is 0 Å². The van der Waals surface area contributed by atoms with Crippen molar-refractivity contribution >= 4 is 5.97 Å². The van der Waals surface area contributed by atoms with Crippen molar-refractivity contribution in [3.05, 3.63) is 0 Å². The number of esters is 1. The van der Waals surface area contributed by atoms with Gasteiger partial charge >= 0.3 is 5.97 Å². The van der Waals surface area contributed by atoms with Crippen molar-refractivity contribution < 1.29 is 9.53 Å². The minimum atomic E-state index is 0.00281. The molecule has 36 heavy (non-hydrogen) atoms. The third kappa shape index (κ3) is 31.5. The van der Waals surface area contributed by atoms with Crippen LogP contribution in [0.2, 0.25) is 0 Å². The Labute approximate surface area is 228 Å². The van der Waals surface area contributed by atoms with Crippen LogP contribution in [0.1, 0.15) is 206 Å². The average Bonchev–Trinajstić information content (AvgIpc) is 2.88. The maximum absolute atomic E-state index is 11.5. The molecule has 0 saturated heterocycles. The van der Waals surface area contributed by atoms with E-state index in [1.54, 1.807) is 0 Å². The van der Waals surface area contributed by atoms with E-state index >= 15 is 0 Å². The Morgan fingerprint density at radius 3 is 0.917 bits per heavy atom. The Bertz CT molecular complexity index is 406. The third-order valence-corrected chi connectivity index (χ3v) is 7.75. The molecule has 0 rings (SSSR count). The third-order valence-electron chi connectivity index (χ3n) is 7.75. The maximum atomic E-state index is 11.5. The second-order valence-electron chi connectivity index (χ2n) is 11.5. The minimum Gasteiger partial charge on any atom is -0.466 e. The molecule has 0 aromatic carbocycles. The van der Waals surface area contributed by atoms with Gasteiger partial charge in [0.1, 0.15) is 0 Å². The molecule has 216 valence electrons. The Kier molecular flexibility index (Phi) is 32.0. The molecule has 0 bridgehead atoms. The summed E-state index contributed by atoms with van der Waals surface area (Å²) < 4.78 is 5.30. The zero-order valence-corrected chi connectivity index (χ0v) is 25.2. The van der Waals surface area contributed by atoms with E-state index in [1.807, 2.05) is 0 Å². The predicted molar refractivity (Wildman–Crippen MR) is 161 cm³/mol. The summed E-state index contributed by atoms with van der Waals surface area (Å²) in [5.74, 6) is 0.00281. The number of unbranched alkanes of at least 4 members (excludes halogenated alkanes) is 27. The molecule has 0 unspecified atom stereocenters. The molecule has 0 fully saturated rings. The number of hydrogen-bond acceptors (Lipinski definition) is 2. The van der Waals surface area contributed by atoms with Gasteiger partial charge in [-0.25, -0.2) is 0 Å². The van der Waals surface area contributed by atoms with Gasteiger partial charge in [0.15, 0.2) is 0 Å². The molecule has 0 radical (unpaired) electrons. The summed E-state index contributed by atoms with van der Waals surface area (Å²) in [6.45, 7) is 5.09. The van der Waals surface area contributed by atoms with Crippen molar-refractivity contribution in [3.8, 4) is 0 Å². The number of carbonyl (C=O) groups is 1. The number of rotatable bonds is 31. The van der Waals surface area contributed by atoms with Crippen LogP contribution in [0, 0.1) is 0 Å². The maximum Gasteiger partial charge on any atom is 0.305 e. The standard InChI is InChI=1S/C34H68O2/c1-3-5-7-8-9-10-11-12-13-14-15-16-17-18-19-20-21-22-23-24-25-26-27-28-29-31-33-36-34(35)32-30-6-4-2/h3-33H2,1-2H3. The molecule has 0 aliphatic heterocycles. The Balaban J connectivity index is 3.06. The van der Waals surface area contributed by atoms with Gasteiger partial charge in [0.05, 0.1) is 6.61 Å². The molecule has 0 N–H and O–H groups in total. The zero-order valence-electron chi connectivity index (χ0n) is 25.2. The second kappa shape index (κ2) is 32.5. The summed E-state index contributed by atoms with van der Waals surface area (Å²) in [4.78, 5) is 11.5. The van der Waals surface area contributed by atoms with Gasteiger partial charge in [-0.15, -0.1) is 0 Å². The van der Waals surface area contributed by atoms with E-state index < -0.39 is 0 Å². The lowest BCUT2D eigenvalue weighted by Gasteiger charge is -2.05. The molecular formula is C34H68O2. The number of carbonyl (C=O) groups excluding carboxylic acids is 1. The van der Waals surface area contributed by atoms with E-state index in [2.05, 4.69) is 13.8 Å². The topological polar surface area (TPSA) is 26.3 Å². The lowest BCUT2D eigenvalue weighted by atomic mass is 10.0. The smallest absolute Gasteiger partial charge is 0.305 e. The normalized spacial score (nSPS) is 11.3. The highest BCUT2D eigenvalue weighted by Gasteiger charge is 2.01. The number of ether oxygens (including phenoxy) is 1. The predicted octanol–water partition coefficient (Wildman–Crippen LogP) is 12.3. The summed E-state index contributed by atoms with van der Waals surface area (Å²) in [5, 5.41) is 0. The monoisotopic (exact) mass is 509 g/mol. The quantitative estimate of drug-likeness (QED) is 0.0687. The fourth-order valence-corrected chi connectivity index (χ4v) is 5.20. The molecule has 0 aromatic rings. The van der Waals surface area contributed by atoms with Gasteiger partial charge < -0.3 is 4.74 Å². The van der Waals surface area contributed by atoms with Crippen LogP contribution in [0.3, 0.4) is 0 Å². The van der Waals surface area contributed by atoms with E-state index in [0.717, 1.165) is 25.7 Å². The van der Waals surface area contributed by atoms with Crippen LogP contribution < -0.4 is 0 Å². The average molecular weight is 509 g/mol. The molecule has 2 heteroatoms. The molecule has 0 atom stereocenters. The van der Waals surface area contributed by atoms with Gasteiger partial charge in [-0.05, 0) is 12.8 Å². The van der Waals surface area contributed by atoms with Crippen LogP contribution in [0.15, 0.2) is 0 Å². The molecule has 0 heterocycles. The van der Waals surface area contributed by atoms with E-state index in [0.29, 0.717) is 13.0 Å². The molecule has 0 aliphatic carbocycles. The van der Waals surface area contributed by atoms with Crippen LogP contribution in [0.5, 0.6) is 0 Å². The van der Waals surface area contributed by atoms with Gasteiger partial charge in [-0.2, -0.15) is 0 Å². The van der Waals surface area contributed by atoms with Crippen LogP contribution in [-0.2, 0) is 9.53 Å². The van der Waals surface area contributed by atoms with Crippen molar-refractivity contribution in [2.75, 3.05) is 6.61 Å². The Hall–Kier alpha value is -0.530. The van der Waals surface area contributed by atoms with Crippen LogP contribution in [0.25, 0.3) is 0 Å². The lowest BCUT2D eigenvalue weighted by molar-refractivity contribution is -0.143. The summed E-state index contributed by atoms with van der Waals surface area (Å²) in [5.41, 5.74) is 0. The van der Waals surface area contributed by atoms with E-state index in [1.165, 1.54) is 161 Å². The first kappa shape index (κ1) is 35.5. The lowest BCUT2D eigenvalue weighted by Crippen LogP contribution is -2.05.